The summed E-state index contributed by atoms with van der Waals surface area (Å²) in [6.45, 7) is 5.04. The number of anilines is 1. The third-order valence-corrected chi connectivity index (χ3v) is 5.07. The molecule has 3 rings (SSSR count). The first kappa shape index (κ1) is 19.5. The molecule has 0 radical (unpaired) electrons. The highest BCUT2D eigenvalue weighted by molar-refractivity contribution is 6.36. The van der Waals surface area contributed by atoms with Crippen molar-refractivity contribution in [3.05, 3.63) is 52.0 Å². The van der Waals surface area contributed by atoms with Gasteiger partial charge in [-0.15, -0.1) is 0 Å². The van der Waals surface area contributed by atoms with Crippen LogP contribution in [-0.2, 0) is 4.79 Å². The van der Waals surface area contributed by atoms with Crippen LogP contribution in [0, 0.1) is 0 Å². The van der Waals surface area contributed by atoms with Crippen LogP contribution in [0.3, 0.4) is 0 Å². The van der Waals surface area contributed by atoms with Gasteiger partial charge in [-0.1, -0.05) is 30.1 Å². The molecule has 0 spiro atoms. The van der Waals surface area contributed by atoms with Crippen LogP contribution in [0.2, 0.25) is 10.0 Å². The lowest BCUT2D eigenvalue weighted by molar-refractivity contribution is -0.131. The van der Waals surface area contributed by atoms with Crippen molar-refractivity contribution in [2.45, 2.75) is 13.3 Å². The number of amides is 1. The topological polar surface area (TPSA) is 56.1 Å². The molecule has 142 valence electrons. The van der Waals surface area contributed by atoms with E-state index in [9.17, 15) is 9.90 Å². The number of phenolic OH excluding ortho intramolecular Hbond substituents is 1. The van der Waals surface area contributed by atoms with Crippen LogP contribution in [0.5, 0.6) is 5.75 Å². The van der Waals surface area contributed by atoms with Crippen LogP contribution in [0.15, 0.2) is 41.4 Å². The van der Waals surface area contributed by atoms with Gasteiger partial charge in [0.05, 0.1) is 10.7 Å². The highest BCUT2D eigenvalue weighted by Gasteiger charge is 2.19. The fourth-order valence-electron chi connectivity index (χ4n) is 3.02. The Morgan fingerprint density at radius 3 is 2.44 bits per heavy atom. The summed E-state index contributed by atoms with van der Waals surface area (Å²) in [4.78, 5) is 20.3. The Morgan fingerprint density at radius 1 is 1.15 bits per heavy atom. The SMILES string of the molecule is CCC(=O)N1CCN(c2ccc(N=Cc3cc(Cl)cc(Cl)c3O)cc2)CC1. The van der Waals surface area contributed by atoms with Crippen molar-refractivity contribution < 1.29 is 9.90 Å². The number of aromatic hydroxyl groups is 1. The molecule has 1 saturated heterocycles. The minimum atomic E-state index is -0.0408. The largest absolute Gasteiger partial charge is 0.506 e. The second-order valence-electron chi connectivity index (χ2n) is 6.32. The number of piperazine rings is 1. The van der Waals surface area contributed by atoms with Crippen molar-refractivity contribution in [2.24, 2.45) is 4.99 Å². The second kappa shape index (κ2) is 8.63. The number of aliphatic imine (C=N–C) groups is 1. The van der Waals surface area contributed by atoms with E-state index < -0.39 is 0 Å². The van der Waals surface area contributed by atoms with Crippen molar-refractivity contribution in [3.8, 4) is 5.75 Å². The molecule has 0 unspecified atom stereocenters. The maximum atomic E-state index is 11.8. The summed E-state index contributed by atoms with van der Waals surface area (Å²) in [7, 11) is 0. The van der Waals surface area contributed by atoms with E-state index in [1.54, 1.807) is 6.07 Å². The Kier molecular flexibility index (Phi) is 6.24. The van der Waals surface area contributed by atoms with Gasteiger partial charge in [-0.05, 0) is 36.4 Å². The lowest BCUT2D eigenvalue weighted by Gasteiger charge is -2.36. The predicted octanol–water partition coefficient (Wildman–Crippen LogP) is 4.51. The number of halogens is 2. The van der Waals surface area contributed by atoms with E-state index >= 15 is 0 Å². The number of hydrogen-bond donors (Lipinski definition) is 1. The molecule has 0 bridgehead atoms. The average Bonchev–Trinajstić information content (AvgIpc) is 2.69. The Morgan fingerprint density at radius 2 is 1.81 bits per heavy atom. The van der Waals surface area contributed by atoms with Gasteiger partial charge in [0.15, 0.2) is 0 Å². The second-order valence-corrected chi connectivity index (χ2v) is 7.17. The average molecular weight is 406 g/mol. The summed E-state index contributed by atoms with van der Waals surface area (Å²) in [6.07, 6.45) is 2.09. The zero-order valence-electron chi connectivity index (χ0n) is 15.0. The number of carbonyl (C=O) groups excluding carboxylic acids is 1. The molecular weight excluding hydrogens is 385 g/mol. The number of carbonyl (C=O) groups is 1. The first-order chi connectivity index (χ1) is 13.0. The lowest BCUT2D eigenvalue weighted by Crippen LogP contribution is -2.48. The molecule has 2 aromatic carbocycles. The maximum absolute atomic E-state index is 11.8. The Labute approximate surface area is 168 Å². The van der Waals surface area contributed by atoms with Crippen LogP contribution in [0.25, 0.3) is 0 Å². The molecule has 1 aliphatic rings. The Hall–Kier alpha value is -2.24. The van der Waals surface area contributed by atoms with Crippen LogP contribution in [-0.4, -0.2) is 48.3 Å². The highest BCUT2D eigenvalue weighted by atomic mass is 35.5. The van der Waals surface area contributed by atoms with Gasteiger partial charge in [0.2, 0.25) is 5.91 Å². The van der Waals surface area contributed by atoms with Crippen LogP contribution < -0.4 is 4.90 Å². The van der Waals surface area contributed by atoms with Crippen molar-refractivity contribution in [2.75, 3.05) is 31.1 Å². The lowest BCUT2D eigenvalue weighted by atomic mass is 10.2. The molecule has 1 amide bonds. The van der Waals surface area contributed by atoms with Crippen molar-refractivity contribution >= 4 is 46.7 Å². The summed E-state index contributed by atoms with van der Waals surface area (Å²) in [5.41, 5.74) is 2.33. The smallest absolute Gasteiger partial charge is 0.222 e. The first-order valence-electron chi connectivity index (χ1n) is 8.83. The van der Waals surface area contributed by atoms with E-state index in [-0.39, 0.29) is 16.7 Å². The molecule has 0 atom stereocenters. The number of rotatable bonds is 4. The molecule has 1 heterocycles. The van der Waals surface area contributed by atoms with Crippen molar-refractivity contribution in [1.82, 2.24) is 4.90 Å². The molecular formula is C20H21Cl2N3O2. The Balaban J connectivity index is 1.65. The van der Waals surface area contributed by atoms with E-state index in [1.165, 1.54) is 12.3 Å². The summed E-state index contributed by atoms with van der Waals surface area (Å²) in [5, 5.41) is 10.6. The summed E-state index contributed by atoms with van der Waals surface area (Å²) in [6, 6.07) is 10.9. The summed E-state index contributed by atoms with van der Waals surface area (Å²) in [5.74, 6) is 0.171. The van der Waals surface area contributed by atoms with E-state index in [0.717, 1.165) is 37.6 Å². The molecule has 7 heteroatoms. The van der Waals surface area contributed by atoms with Gasteiger partial charge in [-0.25, -0.2) is 0 Å². The molecule has 0 aromatic heterocycles. The quantitative estimate of drug-likeness (QED) is 0.761. The molecule has 1 N–H and O–H groups in total. The minimum absolute atomic E-state index is 0.0408. The van der Waals surface area contributed by atoms with Crippen LogP contribution >= 0.6 is 23.2 Å². The molecule has 1 aliphatic heterocycles. The van der Waals surface area contributed by atoms with E-state index in [4.69, 9.17) is 23.2 Å². The molecule has 27 heavy (non-hydrogen) atoms. The van der Waals surface area contributed by atoms with Crippen LogP contribution in [0.4, 0.5) is 11.4 Å². The third kappa shape index (κ3) is 4.73. The van der Waals surface area contributed by atoms with Gasteiger partial charge in [-0.2, -0.15) is 0 Å². The zero-order valence-corrected chi connectivity index (χ0v) is 16.5. The number of phenols is 1. The highest BCUT2D eigenvalue weighted by Crippen LogP contribution is 2.30. The van der Waals surface area contributed by atoms with Gasteiger partial charge in [0.25, 0.3) is 0 Å². The maximum Gasteiger partial charge on any atom is 0.222 e. The summed E-state index contributed by atoms with van der Waals surface area (Å²) < 4.78 is 0. The van der Waals surface area contributed by atoms with Gasteiger partial charge >= 0.3 is 0 Å². The molecule has 2 aromatic rings. The van der Waals surface area contributed by atoms with E-state index in [0.29, 0.717) is 17.0 Å². The normalized spacial score (nSPS) is 14.8. The molecule has 0 saturated carbocycles. The van der Waals surface area contributed by atoms with Gasteiger partial charge in [-0.3, -0.25) is 9.79 Å². The molecule has 1 fully saturated rings. The number of nitrogens with zero attached hydrogens (tertiary/aromatic N) is 3. The number of hydrogen-bond acceptors (Lipinski definition) is 4. The van der Waals surface area contributed by atoms with Crippen LogP contribution in [0.1, 0.15) is 18.9 Å². The van der Waals surface area contributed by atoms with Gasteiger partial charge in [0, 0.05) is 55.1 Å². The number of benzene rings is 2. The van der Waals surface area contributed by atoms with E-state index in [2.05, 4.69) is 9.89 Å². The summed E-state index contributed by atoms with van der Waals surface area (Å²) >= 11 is 11.9. The van der Waals surface area contributed by atoms with Gasteiger partial charge < -0.3 is 14.9 Å². The fraction of sp³-hybridized carbons (Fsp3) is 0.300. The standard InChI is InChI=1S/C20H21Cl2N3O2/c1-2-19(26)25-9-7-24(8-10-25)17-5-3-16(4-6-17)23-13-14-11-15(21)12-18(22)20(14)27/h3-6,11-13,27H,2,7-10H2,1H3. The van der Waals surface area contributed by atoms with Crippen molar-refractivity contribution in [3.63, 3.8) is 0 Å². The zero-order chi connectivity index (χ0) is 19.4. The third-order valence-electron chi connectivity index (χ3n) is 4.56. The van der Waals surface area contributed by atoms with Crippen molar-refractivity contribution in [1.29, 1.82) is 0 Å². The molecule has 5 nitrogen and oxygen atoms in total. The fourth-order valence-corrected chi connectivity index (χ4v) is 3.52. The van der Waals surface area contributed by atoms with Gasteiger partial charge in [0.1, 0.15) is 5.75 Å². The van der Waals surface area contributed by atoms with E-state index in [1.807, 2.05) is 36.1 Å². The Bertz CT molecular complexity index is 845. The first-order valence-corrected chi connectivity index (χ1v) is 9.58. The molecule has 0 aliphatic carbocycles. The predicted molar refractivity (Wildman–Crippen MR) is 111 cm³/mol. The monoisotopic (exact) mass is 405 g/mol. The minimum Gasteiger partial charge on any atom is -0.506 e.